The number of ether oxygens (including phenoxy) is 1. The SMILES string of the molecule is CO[C@H]1CC[C@]2(CC1)Cc1ccc(CC3CCCCC3)cc1C21N=C(N)N(C(C)C)O1. The van der Waals surface area contributed by atoms with Crippen molar-refractivity contribution in [2.45, 2.75) is 102 Å². The van der Waals surface area contributed by atoms with Crippen LogP contribution in [0.2, 0.25) is 0 Å². The van der Waals surface area contributed by atoms with E-state index in [2.05, 4.69) is 32.0 Å². The molecule has 2 N–H and O–H groups in total. The molecule has 0 radical (unpaired) electrons. The van der Waals surface area contributed by atoms with Gasteiger partial charge in [-0.3, -0.25) is 0 Å². The highest BCUT2D eigenvalue weighted by molar-refractivity contribution is 5.79. The minimum Gasteiger partial charge on any atom is -0.381 e. The number of hydroxylamine groups is 2. The molecule has 0 bridgehead atoms. The maximum atomic E-state index is 6.78. The maximum absolute atomic E-state index is 6.78. The van der Waals surface area contributed by atoms with E-state index in [4.69, 9.17) is 20.3 Å². The van der Waals surface area contributed by atoms with E-state index in [1.54, 1.807) is 0 Å². The average Bonchev–Trinajstić information content (AvgIpc) is 3.26. The molecule has 0 saturated heterocycles. The zero-order valence-electron chi connectivity index (χ0n) is 19.5. The number of fused-ring (bicyclic) bond motifs is 3. The third-order valence-electron chi connectivity index (χ3n) is 8.46. The number of hydrogen-bond donors (Lipinski definition) is 1. The molecule has 1 heterocycles. The Balaban J connectivity index is 1.52. The number of nitrogens with two attached hydrogens (primary N) is 1. The minimum atomic E-state index is -0.683. The smallest absolute Gasteiger partial charge is 0.220 e. The lowest BCUT2D eigenvalue weighted by atomic mass is 9.66. The summed E-state index contributed by atoms with van der Waals surface area (Å²) < 4.78 is 5.69. The second kappa shape index (κ2) is 8.08. The van der Waals surface area contributed by atoms with Crippen molar-refractivity contribution in [3.63, 3.8) is 0 Å². The summed E-state index contributed by atoms with van der Waals surface area (Å²) in [5.41, 5.74) is 9.82. The van der Waals surface area contributed by atoms with Gasteiger partial charge in [-0.25, -0.2) is 14.9 Å². The van der Waals surface area contributed by atoms with Crippen molar-refractivity contribution in [1.82, 2.24) is 5.06 Å². The fraction of sp³-hybridized carbons (Fsp3) is 0.731. The molecule has 1 aromatic carbocycles. The molecule has 5 rings (SSSR count). The second-order valence-electron chi connectivity index (χ2n) is 10.7. The third-order valence-corrected chi connectivity index (χ3v) is 8.46. The van der Waals surface area contributed by atoms with E-state index in [0.29, 0.717) is 12.1 Å². The fourth-order valence-electron chi connectivity index (χ4n) is 6.72. The van der Waals surface area contributed by atoms with Crippen LogP contribution in [0, 0.1) is 11.3 Å². The van der Waals surface area contributed by atoms with Gasteiger partial charge in [0.15, 0.2) is 0 Å². The van der Waals surface area contributed by atoms with Crippen LogP contribution in [0.4, 0.5) is 0 Å². The van der Waals surface area contributed by atoms with Crippen LogP contribution in [0.3, 0.4) is 0 Å². The molecule has 1 unspecified atom stereocenters. The molecule has 3 aliphatic carbocycles. The Morgan fingerprint density at radius 1 is 1.16 bits per heavy atom. The molecule has 2 spiro atoms. The van der Waals surface area contributed by atoms with Crippen LogP contribution in [0.1, 0.15) is 88.3 Å². The summed E-state index contributed by atoms with van der Waals surface area (Å²) in [4.78, 5) is 11.9. The Labute approximate surface area is 187 Å². The highest BCUT2D eigenvalue weighted by Crippen LogP contribution is 2.62. The van der Waals surface area contributed by atoms with Gasteiger partial charge in [0.05, 0.1) is 12.1 Å². The van der Waals surface area contributed by atoms with E-state index in [9.17, 15) is 0 Å². The predicted octanol–water partition coefficient (Wildman–Crippen LogP) is 5.06. The van der Waals surface area contributed by atoms with Gasteiger partial charge in [0, 0.05) is 18.1 Å². The minimum absolute atomic E-state index is 0.0396. The maximum Gasteiger partial charge on any atom is 0.220 e. The predicted molar refractivity (Wildman–Crippen MR) is 123 cm³/mol. The van der Waals surface area contributed by atoms with Gasteiger partial charge in [-0.15, -0.1) is 0 Å². The normalized spacial score (nSPS) is 33.5. The van der Waals surface area contributed by atoms with E-state index in [1.165, 1.54) is 55.2 Å². The topological polar surface area (TPSA) is 60.1 Å². The van der Waals surface area contributed by atoms with Gasteiger partial charge in [0.2, 0.25) is 11.7 Å². The number of methoxy groups -OCH3 is 1. The first kappa shape index (κ1) is 21.3. The number of aliphatic imine (C=N–C) groups is 1. The van der Waals surface area contributed by atoms with Gasteiger partial charge >= 0.3 is 0 Å². The summed E-state index contributed by atoms with van der Waals surface area (Å²) in [5.74, 6) is 1.34. The highest BCUT2D eigenvalue weighted by atomic mass is 16.7. The van der Waals surface area contributed by atoms with Crippen LogP contribution in [0.15, 0.2) is 23.2 Å². The van der Waals surface area contributed by atoms with Gasteiger partial charge in [-0.2, -0.15) is 0 Å². The highest BCUT2D eigenvalue weighted by Gasteiger charge is 2.63. The Morgan fingerprint density at radius 2 is 1.90 bits per heavy atom. The lowest BCUT2D eigenvalue weighted by molar-refractivity contribution is -0.251. The van der Waals surface area contributed by atoms with Crippen LogP contribution in [0.25, 0.3) is 0 Å². The van der Waals surface area contributed by atoms with Crippen molar-refractivity contribution in [1.29, 1.82) is 0 Å². The molecule has 2 fully saturated rings. The van der Waals surface area contributed by atoms with E-state index < -0.39 is 5.72 Å². The van der Waals surface area contributed by atoms with E-state index in [0.717, 1.165) is 38.0 Å². The molecule has 5 heteroatoms. The molecule has 2 saturated carbocycles. The van der Waals surface area contributed by atoms with Crippen LogP contribution in [-0.4, -0.2) is 30.3 Å². The quantitative estimate of drug-likeness (QED) is 0.732. The van der Waals surface area contributed by atoms with Crippen molar-refractivity contribution in [2.24, 2.45) is 22.1 Å². The van der Waals surface area contributed by atoms with Gasteiger partial charge in [0.25, 0.3) is 0 Å². The van der Waals surface area contributed by atoms with Crippen LogP contribution < -0.4 is 5.73 Å². The molecular weight excluding hydrogens is 386 g/mol. The van der Waals surface area contributed by atoms with Gasteiger partial charge in [-0.05, 0) is 69.4 Å². The van der Waals surface area contributed by atoms with E-state index >= 15 is 0 Å². The first-order valence-electron chi connectivity index (χ1n) is 12.5. The molecule has 1 atom stereocenters. The molecule has 170 valence electrons. The molecule has 1 aromatic rings. The lowest BCUT2D eigenvalue weighted by Crippen LogP contribution is -2.48. The molecule has 4 aliphatic rings. The molecule has 1 aliphatic heterocycles. The summed E-state index contributed by atoms with van der Waals surface area (Å²) >= 11 is 0. The summed E-state index contributed by atoms with van der Waals surface area (Å²) in [7, 11) is 1.84. The van der Waals surface area contributed by atoms with Crippen molar-refractivity contribution >= 4 is 5.96 Å². The second-order valence-corrected chi connectivity index (χ2v) is 10.7. The van der Waals surface area contributed by atoms with Crippen molar-refractivity contribution in [3.05, 3.63) is 34.9 Å². The van der Waals surface area contributed by atoms with Gasteiger partial charge < -0.3 is 10.5 Å². The van der Waals surface area contributed by atoms with E-state index in [-0.39, 0.29) is 11.5 Å². The zero-order valence-corrected chi connectivity index (χ0v) is 19.5. The summed E-state index contributed by atoms with van der Waals surface area (Å²) in [6, 6.07) is 7.30. The Hall–Kier alpha value is -1.59. The summed E-state index contributed by atoms with van der Waals surface area (Å²) in [6.07, 6.45) is 13.7. The zero-order chi connectivity index (χ0) is 21.6. The number of rotatable bonds is 4. The van der Waals surface area contributed by atoms with Crippen molar-refractivity contribution < 1.29 is 9.57 Å². The number of nitrogens with zero attached hydrogens (tertiary/aromatic N) is 2. The van der Waals surface area contributed by atoms with Crippen LogP contribution in [-0.2, 0) is 28.1 Å². The largest absolute Gasteiger partial charge is 0.381 e. The summed E-state index contributed by atoms with van der Waals surface area (Å²) in [6.45, 7) is 4.23. The summed E-state index contributed by atoms with van der Waals surface area (Å²) in [5, 5.41) is 1.84. The third kappa shape index (κ3) is 3.48. The fourth-order valence-corrected chi connectivity index (χ4v) is 6.72. The molecular formula is C26H39N3O2. The molecule has 0 aromatic heterocycles. The molecule has 0 amide bonds. The lowest BCUT2D eigenvalue weighted by Gasteiger charge is -2.45. The van der Waals surface area contributed by atoms with Crippen LogP contribution >= 0.6 is 0 Å². The monoisotopic (exact) mass is 425 g/mol. The molecule has 5 nitrogen and oxygen atoms in total. The first-order chi connectivity index (χ1) is 15.0. The van der Waals surface area contributed by atoms with Crippen molar-refractivity contribution in [2.75, 3.05) is 7.11 Å². The Bertz CT molecular complexity index is 837. The molecule has 31 heavy (non-hydrogen) atoms. The number of hydrogen-bond acceptors (Lipinski definition) is 5. The number of guanidine groups is 1. The average molecular weight is 426 g/mol. The number of benzene rings is 1. The van der Waals surface area contributed by atoms with Crippen LogP contribution in [0.5, 0.6) is 0 Å². The van der Waals surface area contributed by atoms with E-state index in [1.807, 2.05) is 12.2 Å². The Kier molecular flexibility index (Phi) is 5.54. The first-order valence-corrected chi connectivity index (χ1v) is 12.5. The standard InChI is InChI=1S/C26H39N3O2/c1-18(2)29-24(27)28-26(31-29)23-16-20(15-19-7-5-4-6-8-19)9-10-21(23)17-25(26)13-11-22(30-3)12-14-25/h9-10,16,18-19,22H,4-8,11-15,17H2,1-3H3,(H2,27,28)/t22-,25-,26?. The Morgan fingerprint density at radius 3 is 2.55 bits per heavy atom. The van der Waals surface area contributed by atoms with Crippen molar-refractivity contribution in [3.8, 4) is 0 Å². The van der Waals surface area contributed by atoms with Gasteiger partial charge in [0.1, 0.15) is 0 Å². The van der Waals surface area contributed by atoms with Gasteiger partial charge in [-0.1, -0.05) is 50.3 Å².